The van der Waals surface area contributed by atoms with Crippen LogP contribution >= 0.6 is 0 Å². The van der Waals surface area contributed by atoms with Crippen LogP contribution in [0.15, 0.2) is 76.7 Å². The molecule has 1 atom stereocenters. The first-order valence-corrected chi connectivity index (χ1v) is 11.7. The average molecular weight is 451 g/mol. The van der Waals surface area contributed by atoms with Crippen LogP contribution in [0.25, 0.3) is 0 Å². The lowest BCUT2D eigenvalue weighted by Crippen LogP contribution is -2.27. The van der Waals surface area contributed by atoms with Gasteiger partial charge in [0.2, 0.25) is 0 Å². The van der Waals surface area contributed by atoms with Crippen LogP contribution < -0.4 is 9.47 Å². The summed E-state index contributed by atoms with van der Waals surface area (Å²) in [6.45, 7) is 3.93. The molecule has 0 unspecified atom stereocenters. The Kier molecular flexibility index (Phi) is 5.93. The molecule has 0 radical (unpaired) electrons. The fourth-order valence-corrected chi connectivity index (χ4v) is 5.19. The monoisotopic (exact) mass is 450 g/mol. The van der Waals surface area contributed by atoms with Crippen molar-refractivity contribution in [2.75, 3.05) is 14.2 Å². The number of hydrazone groups is 1. The Hall–Kier alpha value is -3.32. The van der Waals surface area contributed by atoms with E-state index in [1.807, 2.05) is 50.2 Å². The van der Waals surface area contributed by atoms with Gasteiger partial charge in [-0.3, -0.25) is 0 Å². The first kappa shape index (κ1) is 21.9. The van der Waals surface area contributed by atoms with Crippen LogP contribution in [0.3, 0.4) is 0 Å². The molecule has 0 saturated heterocycles. The highest BCUT2D eigenvalue weighted by Crippen LogP contribution is 2.38. The molecule has 0 aliphatic carbocycles. The van der Waals surface area contributed by atoms with E-state index in [4.69, 9.17) is 9.47 Å². The minimum absolute atomic E-state index is 0.220. The van der Waals surface area contributed by atoms with Crippen molar-refractivity contribution < 1.29 is 17.9 Å². The van der Waals surface area contributed by atoms with Gasteiger partial charge in [-0.15, -0.1) is 0 Å². The lowest BCUT2D eigenvalue weighted by molar-refractivity contribution is 0.355. The highest BCUT2D eigenvalue weighted by atomic mass is 32.2. The molecule has 0 fully saturated rings. The Morgan fingerprint density at radius 2 is 1.44 bits per heavy atom. The van der Waals surface area contributed by atoms with E-state index in [-0.39, 0.29) is 4.90 Å². The van der Waals surface area contributed by atoms with E-state index in [1.54, 1.807) is 44.6 Å². The van der Waals surface area contributed by atoms with Gasteiger partial charge in [0.05, 0.1) is 30.9 Å². The second-order valence-corrected chi connectivity index (χ2v) is 9.63. The smallest absolute Gasteiger partial charge is 0.279 e. The van der Waals surface area contributed by atoms with Crippen molar-refractivity contribution in [3.63, 3.8) is 0 Å². The van der Waals surface area contributed by atoms with Gasteiger partial charge in [0.1, 0.15) is 0 Å². The summed E-state index contributed by atoms with van der Waals surface area (Å²) in [5.41, 5.74) is 4.47. The third-order valence-electron chi connectivity index (χ3n) is 5.62. The van der Waals surface area contributed by atoms with Gasteiger partial charge in [0.25, 0.3) is 10.0 Å². The molecule has 32 heavy (non-hydrogen) atoms. The summed E-state index contributed by atoms with van der Waals surface area (Å²) >= 11 is 0. The highest BCUT2D eigenvalue weighted by Gasteiger charge is 2.37. The van der Waals surface area contributed by atoms with Crippen molar-refractivity contribution in [1.29, 1.82) is 0 Å². The molecular weight excluding hydrogens is 424 g/mol. The minimum Gasteiger partial charge on any atom is -0.493 e. The van der Waals surface area contributed by atoms with Crippen LogP contribution in [0.5, 0.6) is 11.5 Å². The topological polar surface area (TPSA) is 68.2 Å². The molecular formula is C25H26N2O4S. The third-order valence-corrected chi connectivity index (χ3v) is 7.31. The van der Waals surface area contributed by atoms with Crippen LogP contribution in [-0.2, 0) is 10.0 Å². The number of nitrogens with zero attached hydrogens (tertiary/aromatic N) is 2. The lowest BCUT2D eigenvalue weighted by atomic mass is 9.98. The normalized spacial score (nSPS) is 16.1. The molecule has 166 valence electrons. The van der Waals surface area contributed by atoms with E-state index in [1.165, 1.54) is 4.41 Å². The van der Waals surface area contributed by atoms with Crippen molar-refractivity contribution in [3.8, 4) is 11.5 Å². The number of aryl methyl sites for hydroxylation is 2. The highest BCUT2D eigenvalue weighted by molar-refractivity contribution is 7.89. The molecule has 0 amide bonds. The molecule has 1 aliphatic heterocycles. The van der Waals surface area contributed by atoms with Gasteiger partial charge in [-0.25, -0.2) is 0 Å². The Bertz CT molecular complexity index is 1250. The van der Waals surface area contributed by atoms with E-state index in [0.717, 1.165) is 22.3 Å². The van der Waals surface area contributed by atoms with Gasteiger partial charge < -0.3 is 9.47 Å². The molecule has 1 aliphatic rings. The molecule has 0 bridgehead atoms. The van der Waals surface area contributed by atoms with E-state index in [2.05, 4.69) is 5.10 Å². The summed E-state index contributed by atoms with van der Waals surface area (Å²) in [4.78, 5) is 0.220. The number of sulfonamides is 1. The molecule has 0 saturated carbocycles. The van der Waals surface area contributed by atoms with Crippen molar-refractivity contribution in [3.05, 3.63) is 89.0 Å². The van der Waals surface area contributed by atoms with Gasteiger partial charge in [-0.1, -0.05) is 47.5 Å². The Morgan fingerprint density at radius 3 is 2.03 bits per heavy atom. The fraction of sp³-hybridized carbons (Fsp3) is 0.240. The van der Waals surface area contributed by atoms with Crippen LogP contribution in [0, 0.1) is 13.8 Å². The van der Waals surface area contributed by atoms with E-state index in [9.17, 15) is 8.42 Å². The number of methoxy groups -OCH3 is 2. The van der Waals surface area contributed by atoms with Crippen LogP contribution in [0.4, 0.5) is 0 Å². The number of hydrogen-bond acceptors (Lipinski definition) is 5. The Balaban J connectivity index is 1.80. The van der Waals surface area contributed by atoms with Crippen molar-refractivity contribution >= 4 is 15.7 Å². The standard InChI is InChI=1S/C25H26N2O4S/c1-17-5-9-19(10-6-17)23-16-22(20-11-14-24(30-3)25(15-20)31-4)26-27(23)32(28,29)21-12-7-18(2)8-13-21/h5-15,23H,16H2,1-4H3/t23-/m1/s1. The van der Waals surface area contributed by atoms with E-state index in [0.29, 0.717) is 23.6 Å². The maximum absolute atomic E-state index is 13.6. The summed E-state index contributed by atoms with van der Waals surface area (Å²) in [6, 6.07) is 19.8. The molecule has 6 nitrogen and oxygen atoms in total. The van der Waals surface area contributed by atoms with Crippen molar-refractivity contribution in [2.45, 2.75) is 31.2 Å². The zero-order valence-electron chi connectivity index (χ0n) is 18.6. The molecule has 7 heteroatoms. The zero-order chi connectivity index (χ0) is 22.9. The summed E-state index contributed by atoms with van der Waals surface area (Å²) in [5.74, 6) is 1.17. The number of rotatable bonds is 6. The second-order valence-electron chi connectivity index (χ2n) is 7.84. The van der Waals surface area contributed by atoms with Crippen LogP contribution in [0.1, 0.15) is 34.7 Å². The summed E-state index contributed by atoms with van der Waals surface area (Å²) in [6.07, 6.45) is 0.448. The van der Waals surface area contributed by atoms with Gasteiger partial charge in [-0.05, 0) is 49.7 Å². The molecule has 4 rings (SSSR count). The van der Waals surface area contributed by atoms with Gasteiger partial charge >= 0.3 is 0 Å². The first-order valence-electron chi connectivity index (χ1n) is 10.3. The van der Waals surface area contributed by atoms with Gasteiger partial charge in [0.15, 0.2) is 11.5 Å². The van der Waals surface area contributed by atoms with Crippen LogP contribution in [-0.4, -0.2) is 32.8 Å². The molecule has 0 N–H and O–H groups in total. The minimum atomic E-state index is -3.84. The summed E-state index contributed by atoms with van der Waals surface area (Å²) in [7, 11) is -0.694. The molecule has 1 heterocycles. The second kappa shape index (κ2) is 8.67. The maximum atomic E-state index is 13.6. The predicted molar refractivity (Wildman–Crippen MR) is 125 cm³/mol. The first-order chi connectivity index (χ1) is 15.3. The molecule has 3 aromatic carbocycles. The van der Waals surface area contributed by atoms with Gasteiger partial charge in [0, 0.05) is 12.0 Å². The molecule has 0 spiro atoms. The SMILES string of the molecule is COc1ccc(C2=NN(S(=O)(=O)c3ccc(C)cc3)[C@@H](c3ccc(C)cc3)C2)cc1OC. The van der Waals surface area contributed by atoms with Crippen molar-refractivity contribution in [2.24, 2.45) is 5.10 Å². The molecule has 0 aromatic heterocycles. The summed E-state index contributed by atoms with van der Waals surface area (Å²) < 4.78 is 39.1. The Morgan fingerprint density at radius 1 is 0.844 bits per heavy atom. The fourth-order valence-electron chi connectivity index (χ4n) is 3.76. The third kappa shape index (κ3) is 4.08. The van der Waals surface area contributed by atoms with Gasteiger partial charge in [-0.2, -0.15) is 17.9 Å². The summed E-state index contributed by atoms with van der Waals surface area (Å²) in [5, 5.41) is 4.61. The lowest BCUT2D eigenvalue weighted by Gasteiger charge is -2.23. The predicted octanol–water partition coefficient (Wildman–Crippen LogP) is 4.86. The number of hydrogen-bond donors (Lipinski definition) is 0. The van der Waals surface area contributed by atoms with E-state index < -0.39 is 16.1 Å². The number of benzene rings is 3. The largest absolute Gasteiger partial charge is 0.493 e. The maximum Gasteiger partial charge on any atom is 0.279 e. The zero-order valence-corrected chi connectivity index (χ0v) is 19.4. The number of ether oxygens (including phenoxy) is 2. The van der Waals surface area contributed by atoms with Crippen LogP contribution in [0.2, 0.25) is 0 Å². The van der Waals surface area contributed by atoms with E-state index >= 15 is 0 Å². The van der Waals surface area contributed by atoms with Crippen molar-refractivity contribution in [1.82, 2.24) is 4.41 Å². The average Bonchev–Trinajstić information content (AvgIpc) is 3.26. The molecule has 3 aromatic rings. The quantitative estimate of drug-likeness (QED) is 0.538. The Labute approximate surface area is 189 Å².